The van der Waals surface area contributed by atoms with E-state index in [9.17, 15) is 9.18 Å². The van der Waals surface area contributed by atoms with Gasteiger partial charge in [0.05, 0.1) is 11.0 Å². The molecule has 3 rings (SSSR count). The number of halogens is 1. The van der Waals surface area contributed by atoms with Crippen molar-refractivity contribution in [1.82, 2.24) is 9.55 Å². The van der Waals surface area contributed by atoms with Crippen LogP contribution in [0.15, 0.2) is 42.6 Å². The van der Waals surface area contributed by atoms with Gasteiger partial charge in [0.2, 0.25) is 5.91 Å². The number of nitrogens with zero attached hydrogens (tertiary/aromatic N) is 2. The molecule has 3 nitrogen and oxygen atoms in total. The van der Waals surface area contributed by atoms with E-state index in [1.807, 2.05) is 13.0 Å². The Morgan fingerprint density at radius 3 is 2.55 bits per heavy atom. The number of aromatic nitrogens is 2. The Morgan fingerprint density at radius 2 is 1.90 bits per heavy atom. The lowest BCUT2D eigenvalue weighted by molar-refractivity contribution is 0.0940. The molecule has 0 saturated carbocycles. The average molecular weight is 268 g/mol. The van der Waals surface area contributed by atoms with E-state index in [1.54, 1.807) is 29.0 Å². The molecule has 0 spiro atoms. The van der Waals surface area contributed by atoms with Gasteiger partial charge in [0.15, 0.2) is 0 Å². The number of carbonyl (C=O) groups is 1. The minimum atomic E-state index is -0.283. The first-order valence-electron chi connectivity index (χ1n) is 6.32. The van der Waals surface area contributed by atoms with E-state index < -0.39 is 0 Å². The lowest BCUT2D eigenvalue weighted by atomic mass is 10.1. The number of pyridine rings is 1. The lowest BCUT2D eigenvalue weighted by Crippen LogP contribution is -2.07. The van der Waals surface area contributed by atoms with E-state index in [0.717, 1.165) is 27.9 Å². The van der Waals surface area contributed by atoms with E-state index >= 15 is 0 Å². The maximum atomic E-state index is 13.1. The lowest BCUT2D eigenvalue weighted by Gasteiger charge is -2.03. The molecule has 2 heterocycles. The Hall–Kier alpha value is -2.49. The summed E-state index contributed by atoms with van der Waals surface area (Å²) in [4.78, 5) is 16.2. The fraction of sp³-hybridized carbons (Fsp3) is 0.125. The molecule has 0 unspecified atom stereocenters. The van der Waals surface area contributed by atoms with Crippen molar-refractivity contribution >= 4 is 16.9 Å². The van der Waals surface area contributed by atoms with Gasteiger partial charge in [-0.3, -0.25) is 14.3 Å². The van der Waals surface area contributed by atoms with Crippen LogP contribution in [-0.4, -0.2) is 15.5 Å². The smallest absolute Gasteiger partial charge is 0.228 e. The summed E-state index contributed by atoms with van der Waals surface area (Å²) in [5.74, 6) is -0.344. The largest absolute Gasteiger partial charge is 0.282 e. The van der Waals surface area contributed by atoms with Gasteiger partial charge in [0.25, 0.3) is 0 Å². The third kappa shape index (κ3) is 1.81. The number of rotatable bonds is 1. The normalized spacial score (nSPS) is 10.9. The number of carbonyl (C=O) groups excluding carboxylic acids is 1. The Labute approximate surface area is 115 Å². The highest BCUT2D eigenvalue weighted by molar-refractivity contribution is 6.01. The summed E-state index contributed by atoms with van der Waals surface area (Å²) in [5.41, 5.74) is 4.07. The van der Waals surface area contributed by atoms with Gasteiger partial charge < -0.3 is 0 Å². The van der Waals surface area contributed by atoms with Gasteiger partial charge in [-0.15, -0.1) is 0 Å². The van der Waals surface area contributed by atoms with Gasteiger partial charge in [0, 0.05) is 24.4 Å². The molecule has 0 fully saturated rings. The summed E-state index contributed by atoms with van der Waals surface area (Å²) >= 11 is 0. The molecule has 3 aromatic rings. The van der Waals surface area contributed by atoms with E-state index in [2.05, 4.69) is 4.98 Å². The highest BCUT2D eigenvalue weighted by Gasteiger charge is 2.18. The highest BCUT2D eigenvalue weighted by atomic mass is 19.1. The first-order valence-corrected chi connectivity index (χ1v) is 6.32. The standard InChI is InChI=1S/C16H13FN2O/c1-10-15(12-5-7-13(17)8-6-12)16-14(4-3-9-18-16)19(10)11(2)20/h3-9H,1-2H3. The summed E-state index contributed by atoms with van der Waals surface area (Å²) in [7, 11) is 0. The second-order valence-electron chi connectivity index (χ2n) is 4.69. The third-order valence-corrected chi connectivity index (χ3v) is 3.41. The molecule has 1 aromatic carbocycles. The summed E-state index contributed by atoms with van der Waals surface area (Å²) in [6.07, 6.45) is 1.69. The maximum absolute atomic E-state index is 13.1. The van der Waals surface area contributed by atoms with Crippen molar-refractivity contribution in [3.05, 3.63) is 54.1 Å². The molecule has 0 radical (unpaired) electrons. The van der Waals surface area contributed by atoms with Crippen LogP contribution >= 0.6 is 0 Å². The van der Waals surface area contributed by atoms with Crippen molar-refractivity contribution in [3.8, 4) is 11.1 Å². The molecule has 0 N–H and O–H groups in total. The molecule has 0 aliphatic carbocycles. The molecule has 0 aliphatic heterocycles. The van der Waals surface area contributed by atoms with Crippen LogP contribution in [-0.2, 0) is 0 Å². The van der Waals surface area contributed by atoms with Gasteiger partial charge in [-0.25, -0.2) is 4.39 Å². The zero-order valence-corrected chi connectivity index (χ0v) is 11.2. The fourth-order valence-corrected chi connectivity index (χ4v) is 2.60. The molecule has 0 atom stereocenters. The Kier molecular flexibility index (Phi) is 2.86. The topological polar surface area (TPSA) is 34.9 Å². The first-order chi connectivity index (χ1) is 9.59. The molecule has 0 saturated heterocycles. The number of hydrogen-bond donors (Lipinski definition) is 0. The highest BCUT2D eigenvalue weighted by Crippen LogP contribution is 2.33. The van der Waals surface area contributed by atoms with E-state index in [4.69, 9.17) is 0 Å². The molecule has 0 bridgehead atoms. The van der Waals surface area contributed by atoms with Crippen LogP contribution in [0.1, 0.15) is 17.4 Å². The first kappa shape index (κ1) is 12.5. The zero-order valence-electron chi connectivity index (χ0n) is 11.2. The van der Waals surface area contributed by atoms with Gasteiger partial charge in [-0.1, -0.05) is 12.1 Å². The predicted molar refractivity (Wildman–Crippen MR) is 76.2 cm³/mol. The van der Waals surface area contributed by atoms with Crippen molar-refractivity contribution in [2.24, 2.45) is 0 Å². The monoisotopic (exact) mass is 268 g/mol. The molecule has 100 valence electrons. The van der Waals surface area contributed by atoms with Crippen molar-refractivity contribution in [1.29, 1.82) is 0 Å². The number of benzene rings is 1. The zero-order chi connectivity index (χ0) is 14.3. The Bertz CT molecular complexity index is 803. The van der Waals surface area contributed by atoms with Crippen LogP contribution in [0.25, 0.3) is 22.2 Å². The molecule has 0 aliphatic rings. The third-order valence-electron chi connectivity index (χ3n) is 3.41. The Morgan fingerprint density at radius 1 is 1.20 bits per heavy atom. The van der Waals surface area contributed by atoms with E-state index in [1.165, 1.54) is 19.1 Å². The summed E-state index contributed by atoms with van der Waals surface area (Å²) in [6, 6.07) is 9.90. The summed E-state index contributed by atoms with van der Waals surface area (Å²) in [5, 5.41) is 0. The fourth-order valence-electron chi connectivity index (χ4n) is 2.60. The van der Waals surface area contributed by atoms with Gasteiger partial charge in [-0.2, -0.15) is 0 Å². The van der Waals surface area contributed by atoms with Crippen LogP contribution in [0.3, 0.4) is 0 Å². The predicted octanol–water partition coefficient (Wildman–Crippen LogP) is 3.81. The van der Waals surface area contributed by atoms with E-state index in [-0.39, 0.29) is 11.7 Å². The van der Waals surface area contributed by atoms with E-state index in [0.29, 0.717) is 0 Å². The van der Waals surface area contributed by atoms with Crippen molar-refractivity contribution in [2.75, 3.05) is 0 Å². The number of fused-ring (bicyclic) bond motifs is 1. The number of hydrogen-bond acceptors (Lipinski definition) is 2. The quantitative estimate of drug-likeness (QED) is 0.672. The SMILES string of the molecule is CC(=O)n1c(C)c(-c2ccc(F)cc2)c2ncccc21. The molecule has 4 heteroatoms. The van der Waals surface area contributed by atoms with Gasteiger partial charge in [0.1, 0.15) is 5.82 Å². The van der Waals surface area contributed by atoms with Crippen LogP contribution in [0, 0.1) is 12.7 Å². The van der Waals surface area contributed by atoms with Crippen LogP contribution in [0.4, 0.5) is 4.39 Å². The minimum absolute atomic E-state index is 0.0612. The van der Waals surface area contributed by atoms with Crippen molar-refractivity contribution in [2.45, 2.75) is 13.8 Å². The van der Waals surface area contributed by atoms with Crippen LogP contribution < -0.4 is 0 Å². The second-order valence-corrected chi connectivity index (χ2v) is 4.69. The van der Waals surface area contributed by atoms with Crippen LogP contribution in [0.2, 0.25) is 0 Å². The molecular weight excluding hydrogens is 255 g/mol. The van der Waals surface area contributed by atoms with Crippen molar-refractivity contribution in [3.63, 3.8) is 0 Å². The second kappa shape index (κ2) is 4.56. The van der Waals surface area contributed by atoms with Gasteiger partial charge >= 0.3 is 0 Å². The maximum Gasteiger partial charge on any atom is 0.228 e. The molecule has 2 aromatic heterocycles. The van der Waals surface area contributed by atoms with Gasteiger partial charge in [-0.05, 0) is 36.8 Å². The summed E-state index contributed by atoms with van der Waals surface area (Å²) in [6.45, 7) is 3.40. The minimum Gasteiger partial charge on any atom is -0.282 e. The Balaban J connectivity index is 2.38. The van der Waals surface area contributed by atoms with Crippen molar-refractivity contribution < 1.29 is 9.18 Å². The average Bonchev–Trinajstić information content (AvgIpc) is 2.72. The van der Waals surface area contributed by atoms with Crippen LogP contribution in [0.5, 0.6) is 0 Å². The molecule has 0 amide bonds. The molecular formula is C16H13FN2O. The summed E-state index contributed by atoms with van der Waals surface area (Å²) < 4.78 is 14.7. The molecule has 20 heavy (non-hydrogen) atoms.